The molecule has 5 nitrogen and oxygen atoms in total. The van der Waals surface area contributed by atoms with Gasteiger partial charge in [0.1, 0.15) is 0 Å². The van der Waals surface area contributed by atoms with Gasteiger partial charge < -0.3 is 4.74 Å². The van der Waals surface area contributed by atoms with Crippen LogP contribution in [0.25, 0.3) is 0 Å². The summed E-state index contributed by atoms with van der Waals surface area (Å²) in [7, 11) is 0. The number of non-ortho nitro benzene ring substituents is 1. The number of carbonyl (C=O) groups excluding carboxylic acids is 1. The summed E-state index contributed by atoms with van der Waals surface area (Å²) in [5.41, 5.74) is 1.24. The Labute approximate surface area is 125 Å². The lowest BCUT2D eigenvalue weighted by atomic mass is 9.93. The lowest BCUT2D eigenvalue weighted by Gasteiger charge is -2.17. The fourth-order valence-electron chi connectivity index (χ4n) is 1.76. The lowest BCUT2D eigenvalue weighted by Crippen LogP contribution is -2.13. The molecule has 0 spiro atoms. The highest BCUT2D eigenvalue weighted by atomic mass is 16.6. The molecule has 5 heteroatoms. The molecule has 0 aromatic heterocycles. The van der Waals surface area contributed by atoms with E-state index < -0.39 is 4.92 Å². The second kappa shape index (κ2) is 7.76. The first kappa shape index (κ1) is 17.1. The zero-order valence-corrected chi connectivity index (χ0v) is 12.9. The molecule has 0 saturated carbocycles. The Morgan fingerprint density at radius 3 is 2.38 bits per heavy atom. The SMILES string of the molecule is CC(C)(C)CCOC(=O)CCCc1ccc([N+](=O)[O-])cc1. The van der Waals surface area contributed by atoms with Gasteiger partial charge in [-0.2, -0.15) is 0 Å². The largest absolute Gasteiger partial charge is 0.466 e. The van der Waals surface area contributed by atoms with Gasteiger partial charge in [-0.1, -0.05) is 32.9 Å². The first-order valence-electron chi connectivity index (χ1n) is 7.17. The van der Waals surface area contributed by atoms with E-state index >= 15 is 0 Å². The van der Waals surface area contributed by atoms with Crippen molar-refractivity contribution < 1.29 is 14.5 Å². The average molecular weight is 293 g/mol. The molecule has 0 atom stereocenters. The summed E-state index contributed by atoms with van der Waals surface area (Å²) in [6, 6.07) is 6.42. The highest BCUT2D eigenvalue weighted by Crippen LogP contribution is 2.18. The molecule has 0 bridgehead atoms. The average Bonchev–Trinajstić information content (AvgIpc) is 2.37. The van der Waals surface area contributed by atoms with Crippen molar-refractivity contribution >= 4 is 11.7 Å². The molecule has 0 radical (unpaired) electrons. The molecule has 21 heavy (non-hydrogen) atoms. The topological polar surface area (TPSA) is 69.4 Å². The molecule has 1 aromatic carbocycles. The lowest BCUT2D eigenvalue weighted by molar-refractivity contribution is -0.384. The monoisotopic (exact) mass is 293 g/mol. The van der Waals surface area contributed by atoms with E-state index in [0.29, 0.717) is 25.9 Å². The van der Waals surface area contributed by atoms with Crippen molar-refractivity contribution in [3.05, 3.63) is 39.9 Å². The number of rotatable bonds is 7. The smallest absolute Gasteiger partial charge is 0.305 e. The van der Waals surface area contributed by atoms with Crippen molar-refractivity contribution in [3.63, 3.8) is 0 Å². The summed E-state index contributed by atoms with van der Waals surface area (Å²) in [6.45, 7) is 6.78. The number of benzene rings is 1. The van der Waals surface area contributed by atoms with Crippen molar-refractivity contribution in [2.24, 2.45) is 5.41 Å². The van der Waals surface area contributed by atoms with Gasteiger partial charge in [-0.05, 0) is 30.2 Å². The van der Waals surface area contributed by atoms with Gasteiger partial charge in [-0.3, -0.25) is 14.9 Å². The van der Waals surface area contributed by atoms with E-state index in [1.54, 1.807) is 12.1 Å². The number of ether oxygens (including phenoxy) is 1. The second-order valence-electron chi connectivity index (χ2n) is 6.31. The minimum Gasteiger partial charge on any atom is -0.466 e. The number of aryl methyl sites for hydroxylation is 1. The maximum Gasteiger partial charge on any atom is 0.305 e. The first-order chi connectivity index (χ1) is 9.78. The zero-order valence-electron chi connectivity index (χ0n) is 12.9. The van der Waals surface area contributed by atoms with Gasteiger partial charge in [0.2, 0.25) is 0 Å². The summed E-state index contributed by atoms with van der Waals surface area (Å²) in [4.78, 5) is 21.7. The summed E-state index contributed by atoms with van der Waals surface area (Å²) in [5.74, 6) is -0.179. The third kappa shape index (κ3) is 7.44. The van der Waals surface area contributed by atoms with Crippen molar-refractivity contribution in [3.8, 4) is 0 Å². The highest BCUT2D eigenvalue weighted by Gasteiger charge is 2.11. The van der Waals surface area contributed by atoms with Crippen LogP contribution in [0.5, 0.6) is 0 Å². The summed E-state index contributed by atoms with van der Waals surface area (Å²) in [5, 5.41) is 10.5. The molecule has 0 aliphatic carbocycles. The number of nitro groups is 1. The molecule has 0 aliphatic heterocycles. The second-order valence-corrected chi connectivity index (χ2v) is 6.31. The molecule has 0 heterocycles. The number of hydrogen-bond acceptors (Lipinski definition) is 4. The van der Waals surface area contributed by atoms with Crippen LogP contribution in [-0.2, 0) is 16.0 Å². The first-order valence-corrected chi connectivity index (χ1v) is 7.17. The number of esters is 1. The van der Waals surface area contributed by atoms with Crippen molar-refractivity contribution in [2.45, 2.75) is 46.5 Å². The minimum absolute atomic E-state index is 0.0836. The number of carbonyl (C=O) groups is 1. The summed E-state index contributed by atoms with van der Waals surface area (Å²) in [6.07, 6.45) is 2.63. The molecular formula is C16H23NO4. The molecular weight excluding hydrogens is 270 g/mol. The van der Waals surface area contributed by atoms with Gasteiger partial charge in [0.05, 0.1) is 11.5 Å². The van der Waals surface area contributed by atoms with E-state index in [-0.39, 0.29) is 17.1 Å². The van der Waals surface area contributed by atoms with Gasteiger partial charge in [0, 0.05) is 18.6 Å². The van der Waals surface area contributed by atoms with Gasteiger partial charge in [-0.15, -0.1) is 0 Å². The standard InChI is InChI=1S/C16H23NO4/c1-16(2,3)11-12-21-15(18)6-4-5-13-7-9-14(10-8-13)17(19)20/h7-10H,4-6,11-12H2,1-3H3. The van der Waals surface area contributed by atoms with Gasteiger partial charge in [0.15, 0.2) is 0 Å². The Balaban J connectivity index is 2.24. The Morgan fingerprint density at radius 1 is 1.24 bits per heavy atom. The fourth-order valence-corrected chi connectivity index (χ4v) is 1.76. The molecule has 0 saturated heterocycles. The Bertz CT molecular complexity index is 474. The molecule has 0 amide bonds. The van der Waals surface area contributed by atoms with Crippen molar-refractivity contribution in [1.82, 2.24) is 0 Å². The maximum atomic E-state index is 11.6. The van der Waals surface area contributed by atoms with E-state index in [1.165, 1.54) is 12.1 Å². The fraction of sp³-hybridized carbons (Fsp3) is 0.562. The van der Waals surface area contributed by atoms with Gasteiger partial charge in [0.25, 0.3) is 5.69 Å². The number of nitro benzene ring substituents is 1. The van der Waals surface area contributed by atoms with Crippen LogP contribution >= 0.6 is 0 Å². The molecule has 116 valence electrons. The summed E-state index contributed by atoms with van der Waals surface area (Å²) < 4.78 is 5.18. The van der Waals surface area contributed by atoms with Crippen molar-refractivity contribution in [1.29, 1.82) is 0 Å². The van der Waals surface area contributed by atoms with Crippen LogP contribution in [0, 0.1) is 15.5 Å². The van der Waals surface area contributed by atoms with E-state index in [0.717, 1.165) is 12.0 Å². The summed E-state index contributed by atoms with van der Waals surface area (Å²) >= 11 is 0. The Morgan fingerprint density at radius 2 is 1.86 bits per heavy atom. The molecule has 1 rings (SSSR count). The van der Waals surface area contributed by atoms with Crippen LogP contribution in [-0.4, -0.2) is 17.5 Å². The normalized spacial score (nSPS) is 11.2. The zero-order chi connectivity index (χ0) is 15.9. The predicted molar refractivity (Wildman–Crippen MR) is 81.1 cm³/mol. The number of nitrogens with zero attached hydrogens (tertiary/aromatic N) is 1. The van der Waals surface area contributed by atoms with E-state index in [2.05, 4.69) is 20.8 Å². The van der Waals surface area contributed by atoms with E-state index in [4.69, 9.17) is 4.74 Å². The van der Waals surface area contributed by atoms with Crippen molar-refractivity contribution in [2.75, 3.05) is 6.61 Å². The Kier molecular flexibility index (Phi) is 6.34. The van der Waals surface area contributed by atoms with Crippen LogP contribution in [0.4, 0.5) is 5.69 Å². The minimum atomic E-state index is -0.420. The quantitative estimate of drug-likeness (QED) is 0.434. The van der Waals surface area contributed by atoms with Gasteiger partial charge in [-0.25, -0.2) is 0 Å². The van der Waals surface area contributed by atoms with Crippen LogP contribution in [0.2, 0.25) is 0 Å². The van der Waals surface area contributed by atoms with Crippen LogP contribution < -0.4 is 0 Å². The highest BCUT2D eigenvalue weighted by molar-refractivity contribution is 5.69. The third-order valence-corrected chi connectivity index (χ3v) is 3.11. The van der Waals surface area contributed by atoms with Gasteiger partial charge >= 0.3 is 5.97 Å². The number of hydrogen-bond donors (Lipinski definition) is 0. The van der Waals surface area contributed by atoms with Crippen LogP contribution in [0.3, 0.4) is 0 Å². The third-order valence-electron chi connectivity index (χ3n) is 3.11. The molecule has 0 N–H and O–H groups in total. The van der Waals surface area contributed by atoms with E-state index in [9.17, 15) is 14.9 Å². The predicted octanol–water partition coefficient (Wildman–Crippen LogP) is 3.90. The molecule has 0 unspecified atom stereocenters. The maximum absolute atomic E-state index is 11.6. The molecule has 0 fully saturated rings. The van der Waals surface area contributed by atoms with Crippen LogP contribution in [0.1, 0.15) is 45.6 Å². The molecule has 0 aliphatic rings. The van der Waals surface area contributed by atoms with E-state index in [1.807, 2.05) is 0 Å². The van der Waals surface area contributed by atoms with Crippen LogP contribution in [0.15, 0.2) is 24.3 Å². The molecule has 1 aromatic rings. The Hall–Kier alpha value is -1.91.